The van der Waals surface area contributed by atoms with Gasteiger partial charge in [0.05, 0.1) is 12.9 Å². The lowest BCUT2D eigenvalue weighted by molar-refractivity contribution is 0.183. The second-order valence-corrected chi connectivity index (χ2v) is 6.17. The van der Waals surface area contributed by atoms with Crippen molar-refractivity contribution in [3.63, 3.8) is 0 Å². The highest BCUT2D eigenvalue weighted by Crippen LogP contribution is 2.55. The Morgan fingerprint density at radius 1 is 1.00 bits per heavy atom. The van der Waals surface area contributed by atoms with Crippen LogP contribution in [0.3, 0.4) is 0 Å². The van der Waals surface area contributed by atoms with Crippen molar-refractivity contribution in [2.75, 3.05) is 13.2 Å². The predicted octanol–water partition coefficient (Wildman–Crippen LogP) is 1.57. The highest BCUT2D eigenvalue weighted by atomic mass is 16.3. The van der Waals surface area contributed by atoms with Gasteiger partial charge in [-0.3, -0.25) is 0 Å². The summed E-state index contributed by atoms with van der Waals surface area (Å²) in [6.45, 7) is 1.13. The van der Waals surface area contributed by atoms with E-state index < -0.39 is 0 Å². The van der Waals surface area contributed by atoms with Gasteiger partial charge >= 0.3 is 0 Å². The number of aliphatic hydroxyl groups is 1. The zero-order valence-corrected chi connectivity index (χ0v) is 8.91. The van der Waals surface area contributed by atoms with E-state index in [1.165, 1.54) is 38.2 Å². The molecule has 0 unspecified atom stereocenters. The Hall–Kier alpha value is -0.0151. The Bertz CT molecular complexity index is 196. The average Bonchev–Trinajstić information content (AvgIpc) is 2.12. The van der Waals surface area contributed by atoms with Gasteiger partial charge in [-0.15, -0.1) is 0 Å². The minimum atomic E-state index is -0.242. The Kier molecular flexibility index (Phi) is 2.14. The molecule has 0 aromatic heterocycles. The molecule has 1 saturated carbocycles. The molecule has 3 heteroatoms. The van der Waals surface area contributed by atoms with E-state index in [0.29, 0.717) is 6.61 Å². The first-order valence-electron chi connectivity index (χ1n) is 6.36. The van der Waals surface area contributed by atoms with E-state index in [0.717, 1.165) is 24.3 Å². The van der Waals surface area contributed by atoms with E-state index in [4.69, 9.17) is 5.11 Å². The second-order valence-electron chi connectivity index (χ2n) is 6.17. The monoisotopic (exact) mass is 194 g/mol. The molecule has 4 rings (SSSR count). The van der Waals surface area contributed by atoms with Gasteiger partial charge in [-0.1, -0.05) is 37.0 Å². The van der Waals surface area contributed by atoms with Crippen molar-refractivity contribution < 1.29 is 5.11 Å². The van der Waals surface area contributed by atoms with Crippen LogP contribution in [0, 0.1) is 17.8 Å². The fraction of sp³-hybridized carbons (Fsp3) is 1.00. The minimum Gasteiger partial charge on any atom is -0.486 e. The van der Waals surface area contributed by atoms with Crippen LogP contribution in [0.1, 0.15) is 19.3 Å². The third kappa shape index (κ3) is 1.41. The molecular weight excluding hydrogens is 173 g/mol. The lowest BCUT2D eigenvalue weighted by Gasteiger charge is -2.62. The molecule has 3 saturated heterocycles. The summed E-state index contributed by atoms with van der Waals surface area (Å²) in [7, 11) is 0. The van der Waals surface area contributed by atoms with Crippen molar-refractivity contribution in [2.24, 2.45) is 17.8 Å². The Balaban J connectivity index is 1.74. The molecule has 3 heterocycles. The maximum absolute atomic E-state index is 8.92. The molecule has 4 aliphatic rings. The quantitative estimate of drug-likeness (QED) is 0.668. The Morgan fingerprint density at radius 3 is 1.93 bits per heavy atom. The number of rotatable bonds is 3. The number of nitrogens with one attached hydrogen (secondary N) is 1. The maximum atomic E-state index is 8.92. The molecule has 0 aromatic carbocycles. The largest absolute Gasteiger partial charge is 0.486 e. The minimum absolute atomic E-state index is 0.242. The topological polar surface area (TPSA) is 32.3 Å². The molecule has 0 spiro atoms. The molecule has 80 valence electrons. The molecule has 3 aliphatic heterocycles. The van der Waals surface area contributed by atoms with Crippen LogP contribution in [-0.4, -0.2) is 24.5 Å². The van der Waals surface area contributed by atoms with Gasteiger partial charge in [0.2, 0.25) is 0 Å². The van der Waals surface area contributed by atoms with Crippen LogP contribution in [0.15, 0.2) is 0 Å². The summed E-state index contributed by atoms with van der Waals surface area (Å²) in [6, 6.07) is 0. The summed E-state index contributed by atoms with van der Waals surface area (Å²) in [6.07, 6.45) is 8.66. The SMILES string of the molecule is OCCN[B-]12CC3CC(CC(C3)C1)C2. The highest BCUT2D eigenvalue weighted by Gasteiger charge is 2.45. The van der Waals surface area contributed by atoms with Crippen LogP contribution in [0.25, 0.3) is 0 Å². The van der Waals surface area contributed by atoms with Crippen LogP contribution in [0.4, 0.5) is 0 Å². The molecular formula is C11H21BNO-. The molecule has 0 amide bonds. The van der Waals surface area contributed by atoms with Crippen molar-refractivity contribution in [1.29, 1.82) is 0 Å². The first kappa shape index (κ1) is 9.23. The molecule has 0 atom stereocenters. The first-order chi connectivity index (χ1) is 6.80. The predicted molar refractivity (Wildman–Crippen MR) is 59.6 cm³/mol. The fourth-order valence-electron chi connectivity index (χ4n) is 5.10. The van der Waals surface area contributed by atoms with Crippen LogP contribution in [0.5, 0.6) is 0 Å². The molecule has 4 bridgehead atoms. The normalized spacial score (nSPS) is 49.9. The zero-order valence-electron chi connectivity index (χ0n) is 8.91. The van der Waals surface area contributed by atoms with Gasteiger partial charge in [-0.25, -0.2) is 0 Å². The van der Waals surface area contributed by atoms with E-state index in [1.54, 1.807) is 0 Å². The van der Waals surface area contributed by atoms with Crippen molar-refractivity contribution >= 4 is 6.28 Å². The van der Waals surface area contributed by atoms with E-state index >= 15 is 0 Å². The first-order valence-corrected chi connectivity index (χ1v) is 6.36. The van der Waals surface area contributed by atoms with Gasteiger partial charge in [0.25, 0.3) is 0 Å². The van der Waals surface area contributed by atoms with Crippen LogP contribution < -0.4 is 5.23 Å². The van der Waals surface area contributed by atoms with E-state index in [-0.39, 0.29) is 6.28 Å². The van der Waals surface area contributed by atoms with Crippen molar-refractivity contribution in [2.45, 2.75) is 38.2 Å². The summed E-state index contributed by atoms with van der Waals surface area (Å²) in [5.74, 6) is 3.10. The standard InChI is InChI=1S/C11H21BNO/c14-2-1-13-12-6-9-3-10(7-12)5-11(4-9)8-12/h9-11,13-14H,1-8H2/q-1. The molecule has 4 fully saturated rings. The molecule has 1 aliphatic carbocycles. The summed E-state index contributed by atoms with van der Waals surface area (Å²) >= 11 is 0. The van der Waals surface area contributed by atoms with E-state index in [1.807, 2.05) is 0 Å². The van der Waals surface area contributed by atoms with E-state index in [2.05, 4.69) is 5.23 Å². The molecule has 0 aromatic rings. The number of hydrogen-bond acceptors (Lipinski definition) is 2. The molecule has 0 radical (unpaired) electrons. The summed E-state index contributed by atoms with van der Waals surface area (Å²) in [5.41, 5.74) is 0. The van der Waals surface area contributed by atoms with Gasteiger partial charge in [0, 0.05) is 0 Å². The highest BCUT2D eigenvalue weighted by molar-refractivity contribution is 6.78. The maximum Gasteiger partial charge on any atom is 0.0602 e. The third-order valence-corrected chi connectivity index (χ3v) is 5.04. The van der Waals surface area contributed by atoms with Crippen molar-refractivity contribution in [3.05, 3.63) is 0 Å². The van der Waals surface area contributed by atoms with Gasteiger partial charge in [-0.05, 0) is 6.54 Å². The summed E-state index contributed by atoms with van der Waals surface area (Å²) in [4.78, 5) is 0. The third-order valence-electron chi connectivity index (χ3n) is 5.04. The van der Waals surface area contributed by atoms with Crippen LogP contribution in [0.2, 0.25) is 19.0 Å². The fourth-order valence-corrected chi connectivity index (χ4v) is 5.10. The van der Waals surface area contributed by atoms with Gasteiger partial charge in [-0.2, -0.15) is 19.0 Å². The van der Waals surface area contributed by atoms with Gasteiger partial charge in [0.15, 0.2) is 0 Å². The Labute approximate surface area is 86.4 Å². The molecule has 2 N–H and O–H groups in total. The van der Waals surface area contributed by atoms with Crippen molar-refractivity contribution in [1.82, 2.24) is 5.23 Å². The lowest BCUT2D eigenvalue weighted by atomic mass is 9.18. The Morgan fingerprint density at radius 2 is 1.50 bits per heavy atom. The molecule has 2 nitrogen and oxygen atoms in total. The van der Waals surface area contributed by atoms with E-state index in [9.17, 15) is 0 Å². The number of aliphatic hydroxyl groups excluding tert-OH is 1. The average molecular weight is 194 g/mol. The number of hydrogen-bond donors (Lipinski definition) is 2. The van der Waals surface area contributed by atoms with Crippen LogP contribution >= 0.6 is 0 Å². The van der Waals surface area contributed by atoms with Gasteiger partial charge in [0.1, 0.15) is 0 Å². The zero-order chi connectivity index (χ0) is 9.60. The summed E-state index contributed by atoms with van der Waals surface area (Å²) < 4.78 is 0. The smallest absolute Gasteiger partial charge is 0.0602 e. The summed E-state index contributed by atoms with van der Waals surface area (Å²) in [5, 5.41) is 12.6. The molecule has 14 heavy (non-hydrogen) atoms. The van der Waals surface area contributed by atoms with Crippen LogP contribution in [-0.2, 0) is 0 Å². The van der Waals surface area contributed by atoms with Gasteiger partial charge < -0.3 is 10.3 Å². The second kappa shape index (κ2) is 3.24. The lowest BCUT2D eigenvalue weighted by Crippen LogP contribution is -2.62. The van der Waals surface area contributed by atoms with Crippen molar-refractivity contribution in [3.8, 4) is 0 Å².